The third kappa shape index (κ3) is 5.73. The minimum atomic E-state index is -4.93. The Morgan fingerprint density at radius 2 is 2.00 bits per heavy atom. The molecule has 27 heavy (non-hydrogen) atoms. The first-order valence-corrected chi connectivity index (χ1v) is 7.25. The van der Waals surface area contributed by atoms with E-state index in [1.165, 1.54) is 6.26 Å². The van der Waals surface area contributed by atoms with Crippen LogP contribution in [-0.2, 0) is 17.5 Å². The number of nitrogens with zero attached hydrogens (tertiary/aromatic N) is 1. The van der Waals surface area contributed by atoms with Crippen LogP contribution in [0.2, 0.25) is 0 Å². The molecule has 1 aromatic carbocycles. The monoisotopic (exact) mass is 387 g/mol. The number of non-ortho nitro benzene ring substituents is 1. The van der Waals surface area contributed by atoms with Crippen molar-refractivity contribution in [2.75, 3.05) is 6.61 Å². The molecular weight excluding hydrogens is 375 g/mol. The molecule has 144 valence electrons. The second-order valence-corrected chi connectivity index (χ2v) is 5.03. The van der Waals surface area contributed by atoms with Gasteiger partial charge in [-0.1, -0.05) is 0 Å². The fourth-order valence-electron chi connectivity index (χ4n) is 1.91. The van der Waals surface area contributed by atoms with Gasteiger partial charge in [-0.2, -0.15) is 13.2 Å². The average molecular weight is 387 g/mol. The molecule has 0 spiro atoms. The summed E-state index contributed by atoms with van der Waals surface area (Å²) < 4.78 is 48.7. The Morgan fingerprint density at radius 3 is 2.59 bits per heavy atom. The van der Waals surface area contributed by atoms with Gasteiger partial charge in [0.25, 0.3) is 11.6 Å². The Balaban J connectivity index is 1.94. The van der Waals surface area contributed by atoms with Crippen LogP contribution in [-0.4, -0.2) is 23.5 Å². The van der Waals surface area contributed by atoms with E-state index in [-0.39, 0.29) is 6.54 Å². The normalized spacial score (nSPS) is 10.9. The van der Waals surface area contributed by atoms with Crippen LogP contribution in [0.5, 0.6) is 5.75 Å². The van der Waals surface area contributed by atoms with E-state index < -0.39 is 46.6 Å². The second kappa shape index (κ2) is 8.21. The van der Waals surface area contributed by atoms with Crippen molar-refractivity contribution in [2.24, 2.45) is 0 Å². The summed E-state index contributed by atoms with van der Waals surface area (Å²) in [5, 5.41) is 14.8. The molecule has 3 amide bonds. The molecule has 0 atom stereocenters. The number of alkyl halides is 3. The molecule has 0 fully saturated rings. The van der Waals surface area contributed by atoms with E-state index in [1.807, 2.05) is 5.32 Å². The minimum absolute atomic E-state index is 0.00640. The van der Waals surface area contributed by atoms with E-state index in [4.69, 9.17) is 9.15 Å². The van der Waals surface area contributed by atoms with Crippen molar-refractivity contribution in [1.29, 1.82) is 0 Å². The van der Waals surface area contributed by atoms with Crippen LogP contribution in [0.4, 0.5) is 23.7 Å². The van der Waals surface area contributed by atoms with Crippen LogP contribution in [0, 0.1) is 10.1 Å². The van der Waals surface area contributed by atoms with Gasteiger partial charge in [-0.3, -0.25) is 20.2 Å². The molecule has 2 N–H and O–H groups in total. The van der Waals surface area contributed by atoms with Gasteiger partial charge in [0.05, 0.1) is 17.7 Å². The third-order valence-electron chi connectivity index (χ3n) is 3.09. The molecule has 2 rings (SSSR count). The SMILES string of the molecule is O=C(COc1ccc([N+](=O)[O-])cc1C(F)(F)F)NC(=O)NCc1ccco1. The Kier molecular flexibility index (Phi) is 6.00. The Labute approximate surface area is 149 Å². The molecule has 0 aliphatic heterocycles. The van der Waals surface area contributed by atoms with Crippen LogP contribution in [0.1, 0.15) is 11.3 Å². The number of ether oxygens (including phenoxy) is 1. The maximum atomic E-state index is 13.0. The lowest BCUT2D eigenvalue weighted by Crippen LogP contribution is -2.41. The molecule has 1 aromatic heterocycles. The summed E-state index contributed by atoms with van der Waals surface area (Å²) in [6, 6.07) is 4.10. The Hall–Kier alpha value is -3.57. The van der Waals surface area contributed by atoms with Crippen molar-refractivity contribution >= 4 is 17.6 Å². The lowest BCUT2D eigenvalue weighted by atomic mass is 10.1. The highest BCUT2D eigenvalue weighted by Gasteiger charge is 2.36. The molecule has 0 saturated carbocycles. The number of halogens is 3. The number of furan rings is 1. The number of hydrogen-bond acceptors (Lipinski definition) is 6. The van der Waals surface area contributed by atoms with Gasteiger partial charge in [-0.15, -0.1) is 0 Å². The highest BCUT2D eigenvalue weighted by Crippen LogP contribution is 2.38. The minimum Gasteiger partial charge on any atom is -0.483 e. The van der Waals surface area contributed by atoms with Crippen molar-refractivity contribution in [2.45, 2.75) is 12.7 Å². The van der Waals surface area contributed by atoms with Gasteiger partial charge in [-0.25, -0.2) is 4.79 Å². The van der Waals surface area contributed by atoms with E-state index in [0.717, 1.165) is 12.1 Å². The molecule has 0 aliphatic carbocycles. The molecule has 0 bridgehead atoms. The standard InChI is InChI=1S/C15H12F3N3O6/c16-15(17,18)11-6-9(21(24)25)3-4-12(11)27-8-13(22)20-14(23)19-7-10-2-1-5-26-10/h1-6H,7-8H2,(H2,19,20,22,23). The van der Waals surface area contributed by atoms with E-state index in [9.17, 15) is 32.9 Å². The molecule has 12 heteroatoms. The van der Waals surface area contributed by atoms with Gasteiger partial charge in [0.2, 0.25) is 0 Å². The molecule has 0 radical (unpaired) electrons. The van der Waals surface area contributed by atoms with Gasteiger partial charge in [0, 0.05) is 12.1 Å². The summed E-state index contributed by atoms with van der Waals surface area (Å²) in [7, 11) is 0. The predicted octanol–water partition coefficient (Wildman–Crippen LogP) is 2.61. The van der Waals surface area contributed by atoms with E-state index in [1.54, 1.807) is 12.1 Å². The summed E-state index contributed by atoms with van der Waals surface area (Å²) >= 11 is 0. The van der Waals surface area contributed by atoms with E-state index in [2.05, 4.69) is 5.32 Å². The maximum Gasteiger partial charge on any atom is 0.420 e. The highest BCUT2D eigenvalue weighted by atomic mass is 19.4. The smallest absolute Gasteiger partial charge is 0.420 e. The molecular formula is C15H12F3N3O6. The number of nitrogens with one attached hydrogen (secondary N) is 2. The number of rotatable bonds is 6. The van der Waals surface area contributed by atoms with Crippen molar-refractivity contribution in [3.63, 3.8) is 0 Å². The number of hydrogen-bond donors (Lipinski definition) is 2. The predicted molar refractivity (Wildman–Crippen MR) is 82.7 cm³/mol. The fraction of sp³-hybridized carbons (Fsp3) is 0.200. The number of benzene rings is 1. The van der Waals surface area contributed by atoms with Crippen molar-refractivity contribution in [3.8, 4) is 5.75 Å². The van der Waals surface area contributed by atoms with Crippen LogP contribution in [0.15, 0.2) is 41.0 Å². The number of carbonyl (C=O) groups excluding carboxylic acids is 2. The lowest BCUT2D eigenvalue weighted by molar-refractivity contribution is -0.385. The topological polar surface area (TPSA) is 124 Å². The van der Waals surface area contributed by atoms with Crippen LogP contribution >= 0.6 is 0 Å². The number of amides is 3. The highest BCUT2D eigenvalue weighted by molar-refractivity contribution is 5.94. The lowest BCUT2D eigenvalue weighted by Gasteiger charge is -2.13. The van der Waals surface area contributed by atoms with E-state index >= 15 is 0 Å². The first kappa shape index (κ1) is 19.8. The molecule has 0 unspecified atom stereocenters. The van der Waals surface area contributed by atoms with Crippen LogP contribution < -0.4 is 15.4 Å². The van der Waals surface area contributed by atoms with Crippen LogP contribution in [0.25, 0.3) is 0 Å². The van der Waals surface area contributed by atoms with Crippen molar-refractivity contribution in [3.05, 3.63) is 58.0 Å². The van der Waals surface area contributed by atoms with Gasteiger partial charge >= 0.3 is 12.2 Å². The number of imide groups is 1. The Morgan fingerprint density at radius 1 is 1.26 bits per heavy atom. The summed E-state index contributed by atoms with van der Waals surface area (Å²) in [6.07, 6.45) is -3.55. The number of carbonyl (C=O) groups is 2. The Bertz CT molecular complexity index is 836. The number of urea groups is 1. The molecule has 0 saturated heterocycles. The first-order chi connectivity index (χ1) is 12.7. The molecule has 2 aromatic rings. The molecule has 0 aliphatic rings. The number of nitro groups is 1. The fourth-order valence-corrected chi connectivity index (χ4v) is 1.91. The zero-order chi connectivity index (χ0) is 20.0. The zero-order valence-corrected chi connectivity index (χ0v) is 13.4. The van der Waals surface area contributed by atoms with E-state index in [0.29, 0.717) is 11.8 Å². The third-order valence-corrected chi connectivity index (χ3v) is 3.09. The largest absolute Gasteiger partial charge is 0.483 e. The van der Waals surface area contributed by atoms with Gasteiger partial charge in [-0.05, 0) is 18.2 Å². The first-order valence-electron chi connectivity index (χ1n) is 7.25. The van der Waals surface area contributed by atoms with Crippen molar-refractivity contribution < 1.29 is 36.8 Å². The second-order valence-electron chi connectivity index (χ2n) is 5.03. The summed E-state index contributed by atoms with van der Waals surface area (Å²) in [4.78, 5) is 32.7. The summed E-state index contributed by atoms with van der Waals surface area (Å²) in [6.45, 7) is -0.914. The van der Waals surface area contributed by atoms with Gasteiger partial charge < -0.3 is 14.5 Å². The maximum absolute atomic E-state index is 13.0. The van der Waals surface area contributed by atoms with Gasteiger partial charge in [0.1, 0.15) is 17.1 Å². The average Bonchev–Trinajstić information content (AvgIpc) is 3.10. The molecule has 1 heterocycles. The van der Waals surface area contributed by atoms with Crippen molar-refractivity contribution in [1.82, 2.24) is 10.6 Å². The van der Waals surface area contributed by atoms with Gasteiger partial charge in [0.15, 0.2) is 6.61 Å². The zero-order valence-electron chi connectivity index (χ0n) is 13.4. The molecule has 9 nitrogen and oxygen atoms in total. The number of nitro benzene ring substituents is 1. The quantitative estimate of drug-likeness (QED) is 0.580. The summed E-state index contributed by atoms with van der Waals surface area (Å²) in [5.74, 6) is -1.37. The van der Waals surface area contributed by atoms with Crippen LogP contribution in [0.3, 0.4) is 0 Å². The summed E-state index contributed by atoms with van der Waals surface area (Å²) in [5.41, 5.74) is -2.19.